The Morgan fingerprint density at radius 3 is 2.14 bits per heavy atom. The first-order chi connectivity index (χ1) is 13.6. The fraction of sp³-hybridized carbons (Fsp3) is 0.318. The topological polar surface area (TPSA) is 68.8 Å². The van der Waals surface area contributed by atoms with E-state index in [2.05, 4.69) is 17.2 Å². The van der Waals surface area contributed by atoms with Crippen LogP contribution in [0.5, 0.6) is 11.5 Å². The van der Waals surface area contributed by atoms with E-state index in [0.717, 1.165) is 22.8 Å². The van der Waals surface area contributed by atoms with Gasteiger partial charge < -0.3 is 24.8 Å². The third-order valence-corrected chi connectivity index (χ3v) is 3.63. The molecule has 6 heteroatoms. The van der Waals surface area contributed by atoms with Gasteiger partial charge in [-0.3, -0.25) is 4.79 Å². The van der Waals surface area contributed by atoms with E-state index in [1.165, 1.54) is 0 Å². The molecule has 0 fully saturated rings. The Morgan fingerprint density at radius 2 is 1.54 bits per heavy atom. The summed E-state index contributed by atoms with van der Waals surface area (Å²) in [6.07, 6.45) is 0. The molecule has 0 aliphatic rings. The average molecular weight is 384 g/mol. The molecule has 2 N–H and O–H groups in total. The second-order valence-electron chi connectivity index (χ2n) is 6.24. The van der Waals surface area contributed by atoms with Gasteiger partial charge in [0.15, 0.2) is 0 Å². The number of rotatable bonds is 12. The van der Waals surface area contributed by atoms with Crippen LogP contribution in [0.1, 0.15) is 13.8 Å². The van der Waals surface area contributed by atoms with Gasteiger partial charge in [-0.05, 0) is 68.0 Å². The summed E-state index contributed by atoms with van der Waals surface area (Å²) in [6.45, 7) is 10.1. The number of anilines is 2. The maximum atomic E-state index is 12.1. The van der Waals surface area contributed by atoms with Gasteiger partial charge in [-0.15, -0.1) is 0 Å². The summed E-state index contributed by atoms with van der Waals surface area (Å²) < 4.78 is 16.3. The van der Waals surface area contributed by atoms with Crippen LogP contribution in [0.3, 0.4) is 0 Å². The van der Waals surface area contributed by atoms with E-state index in [0.29, 0.717) is 32.1 Å². The lowest BCUT2D eigenvalue weighted by atomic mass is 10.3. The van der Waals surface area contributed by atoms with E-state index in [1.807, 2.05) is 62.4 Å². The molecule has 1 amide bonds. The Morgan fingerprint density at radius 1 is 0.929 bits per heavy atom. The summed E-state index contributed by atoms with van der Waals surface area (Å²) in [5.74, 6) is 1.37. The quantitative estimate of drug-likeness (QED) is 0.426. The van der Waals surface area contributed by atoms with Crippen molar-refractivity contribution in [3.8, 4) is 11.5 Å². The molecule has 0 saturated carbocycles. The summed E-state index contributed by atoms with van der Waals surface area (Å²) in [4.78, 5) is 12.1. The normalized spacial score (nSPS) is 10.2. The summed E-state index contributed by atoms with van der Waals surface area (Å²) in [7, 11) is 0. The van der Waals surface area contributed by atoms with Gasteiger partial charge in [0, 0.05) is 18.0 Å². The molecule has 150 valence electrons. The van der Waals surface area contributed by atoms with E-state index in [1.54, 1.807) is 0 Å². The van der Waals surface area contributed by atoms with Crippen molar-refractivity contribution in [1.29, 1.82) is 0 Å². The molecule has 0 unspecified atom stereocenters. The molecule has 0 saturated heterocycles. The summed E-state index contributed by atoms with van der Waals surface area (Å²) in [5, 5.41) is 5.93. The molecule has 6 nitrogen and oxygen atoms in total. The van der Waals surface area contributed by atoms with Crippen molar-refractivity contribution in [1.82, 2.24) is 0 Å². The number of hydrogen-bond donors (Lipinski definition) is 2. The predicted octanol–water partition coefficient (Wildman–Crippen LogP) is 4.11. The van der Waals surface area contributed by atoms with E-state index in [9.17, 15) is 4.79 Å². The SMILES string of the molecule is C=C(C)COc1ccc(NCC(=O)Nc2ccc(OCCOCC)cc2)cc1. The Labute approximate surface area is 166 Å². The van der Waals surface area contributed by atoms with Gasteiger partial charge in [-0.2, -0.15) is 0 Å². The summed E-state index contributed by atoms with van der Waals surface area (Å²) >= 11 is 0. The van der Waals surface area contributed by atoms with Crippen molar-refractivity contribution in [2.24, 2.45) is 0 Å². The van der Waals surface area contributed by atoms with Crippen LogP contribution in [0.15, 0.2) is 60.7 Å². The number of hydrogen-bond acceptors (Lipinski definition) is 5. The molecule has 0 aromatic heterocycles. The highest BCUT2D eigenvalue weighted by atomic mass is 16.5. The average Bonchev–Trinajstić information content (AvgIpc) is 2.70. The molecule has 0 spiro atoms. The number of nitrogens with one attached hydrogen (secondary N) is 2. The monoisotopic (exact) mass is 384 g/mol. The predicted molar refractivity (Wildman–Crippen MR) is 112 cm³/mol. The first-order valence-corrected chi connectivity index (χ1v) is 9.28. The highest BCUT2D eigenvalue weighted by molar-refractivity contribution is 5.93. The highest BCUT2D eigenvalue weighted by Gasteiger charge is 2.03. The smallest absolute Gasteiger partial charge is 0.243 e. The van der Waals surface area contributed by atoms with Crippen molar-refractivity contribution in [3.05, 3.63) is 60.7 Å². The molecule has 0 aliphatic heterocycles. The number of carbonyl (C=O) groups excluding carboxylic acids is 1. The largest absolute Gasteiger partial charge is 0.491 e. The minimum atomic E-state index is -0.132. The Bertz CT molecular complexity index is 742. The zero-order valence-electron chi connectivity index (χ0n) is 16.5. The third-order valence-electron chi connectivity index (χ3n) is 3.63. The van der Waals surface area contributed by atoms with Gasteiger partial charge in [0.25, 0.3) is 0 Å². The summed E-state index contributed by atoms with van der Waals surface area (Å²) in [5.41, 5.74) is 2.52. The number of benzene rings is 2. The van der Waals surface area contributed by atoms with Gasteiger partial charge in [0.1, 0.15) is 24.7 Å². The molecule has 0 radical (unpaired) electrons. The zero-order valence-corrected chi connectivity index (χ0v) is 16.5. The lowest BCUT2D eigenvalue weighted by Gasteiger charge is -2.10. The van der Waals surface area contributed by atoms with Crippen molar-refractivity contribution in [2.75, 3.05) is 43.6 Å². The van der Waals surface area contributed by atoms with Crippen LogP contribution in [-0.2, 0) is 9.53 Å². The van der Waals surface area contributed by atoms with Crippen molar-refractivity contribution < 1.29 is 19.0 Å². The van der Waals surface area contributed by atoms with Crippen LogP contribution < -0.4 is 20.1 Å². The molecule has 0 atom stereocenters. The minimum Gasteiger partial charge on any atom is -0.491 e. The van der Waals surface area contributed by atoms with Gasteiger partial charge >= 0.3 is 0 Å². The van der Waals surface area contributed by atoms with Gasteiger partial charge in [-0.1, -0.05) is 6.58 Å². The Kier molecular flexibility index (Phi) is 8.88. The lowest BCUT2D eigenvalue weighted by Crippen LogP contribution is -2.21. The number of ether oxygens (including phenoxy) is 3. The van der Waals surface area contributed by atoms with Crippen LogP contribution in [0.2, 0.25) is 0 Å². The molecular formula is C22H28N2O4. The lowest BCUT2D eigenvalue weighted by molar-refractivity contribution is -0.114. The maximum absolute atomic E-state index is 12.1. The molecule has 0 heterocycles. The Hall–Kier alpha value is -2.99. The first-order valence-electron chi connectivity index (χ1n) is 9.28. The molecule has 0 bridgehead atoms. The van der Waals surface area contributed by atoms with E-state index in [4.69, 9.17) is 14.2 Å². The molecule has 0 aliphatic carbocycles. The van der Waals surface area contributed by atoms with Crippen LogP contribution >= 0.6 is 0 Å². The molecule has 2 aromatic rings. The van der Waals surface area contributed by atoms with Crippen LogP contribution in [0, 0.1) is 0 Å². The first kappa shape index (κ1) is 21.3. The Balaban J connectivity index is 1.72. The van der Waals surface area contributed by atoms with Crippen molar-refractivity contribution >= 4 is 17.3 Å². The van der Waals surface area contributed by atoms with Gasteiger partial charge in [0.2, 0.25) is 5.91 Å². The standard InChI is InChI=1S/C22H28N2O4/c1-4-26-13-14-27-20-11-7-19(8-12-20)24-22(25)15-23-18-5-9-21(10-6-18)28-16-17(2)3/h5-12,23H,2,4,13-16H2,1,3H3,(H,24,25). The van der Waals surface area contributed by atoms with Crippen LogP contribution in [0.4, 0.5) is 11.4 Å². The fourth-order valence-corrected chi connectivity index (χ4v) is 2.26. The minimum absolute atomic E-state index is 0.132. The van der Waals surface area contributed by atoms with Gasteiger partial charge in [0.05, 0.1) is 13.2 Å². The van der Waals surface area contributed by atoms with Crippen LogP contribution in [-0.4, -0.2) is 38.9 Å². The number of amides is 1. The fourth-order valence-electron chi connectivity index (χ4n) is 2.26. The van der Waals surface area contributed by atoms with E-state index >= 15 is 0 Å². The second-order valence-corrected chi connectivity index (χ2v) is 6.24. The molecule has 28 heavy (non-hydrogen) atoms. The molecule has 2 rings (SSSR count). The van der Waals surface area contributed by atoms with Crippen molar-refractivity contribution in [2.45, 2.75) is 13.8 Å². The van der Waals surface area contributed by atoms with E-state index in [-0.39, 0.29) is 12.5 Å². The third kappa shape index (κ3) is 8.14. The second kappa shape index (κ2) is 11.7. The zero-order chi connectivity index (χ0) is 20.2. The summed E-state index contributed by atoms with van der Waals surface area (Å²) in [6, 6.07) is 14.7. The van der Waals surface area contributed by atoms with Gasteiger partial charge in [-0.25, -0.2) is 0 Å². The molecule has 2 aromatic carbocycles. The van der Waals surface area contributed by atoms with Crippen molar-refractivity contribution in [3.63, 3.8) is 0 Å². The van der Waals surface area contributed by atoms with E-state index < -0.39 is 0 Å². The van der Waals surface area contributed by atoms with Crippen LogP contribution in [0.25, 0.3) is 0 Å². The molecular weight excluding hydrogens is 356 g/mol. The maximum Gasteiger partial charge on any atom is 0.243 e. The highest BCUT2D eigenvalue weighted by Crippen LogP contribution is 2.17. The number of carbonyl (C=O) groups is 1.